The van der Waals surface area contributed by atoms with Crippen LogP contribution in [-0.4, -0.2) is 24.2 Å². The van der Waals surface area contributed by atoms with Crippen molar-refractivity contribution in [3.63, 3.8) is 0 Å². The van der Waals surface area contributed by atoms with Gasteiger partial charge in [0.25, 0.3) is 0 Å². The third-order valence-electron chi connectivity index (χ3n) is 2.91. The Hall–Kier alpha value is -1.56. The number of benzene rings is 1. The van der Waals surface area contributed by atoms with E-state index in [1.165, 1.54) is 0 Å². The fraction of sp³-hybridized carbons (Fsp3) is 0.417. The molecule has 1 aromatic rings. The summed E-state index contributed by atoms with van der Waals surface area (Å²) in [5, 5.41) is 15.9. The molecule has 0 aliphatic rings. The van der Waals surface area contributed by atoms with Crippen molar-refractivity contribution in [2.75, 3.05) is 13.1 Å². The maximum Gasteiger partial charge on any atom is 0.328 e. The molecule has 0 saturated carbocycles. The molecule has 1 rings (SSSR count). The summed E-state index contributed by atoms with van der Waals surface area (Å²) in [5.74, 6) is -0.950. The van der Waals surface area contributed by atoms with Crippen molar-refractivity contribution in [2.45, 2.75) is 18.9 Å². The fourth-order valence-electron chi connectivity index (χ4n) is 1.90. The van der Waals surface area contributed by atoms with Crippen molar-refractivity contribution in [2.24, 2.45) is 5.11 Å². The molecule has 1 aromatic carbocycles. The highest BCUT2D eigenvalue weighted by Gasteiger charge is 2.38. The molecule has 19 heavy (non-hydrogen) atoms. The highest BCUT2D eigenvalue weighted by Crippen LogP contribution is 2.27. The average molecular weight is 327 g/mol. The lowest BCUT2D eigenvalue weighted by atomic mass is 9.87. The van der Waals surface area contributed by atoms with E-state index in [1.54, 1.807) is 25.1 Å². The molecule has 0 radical (unpaired) electrons. The van der Waals surface area contributed by atoms with Gasteiger partial charge in [0, 0.05) is 22.5 Å². The number of carboxylic acid groups (broad SMARTS) is 1. The second-order valence-corrected chi connectivity index (χ2v) is 4.87. The number of hydrogen-bond donors (Lipinski definition) is 2. The Labute approximate surface area is 119 Å². The van der Waals surface area contributed by atoms with Crippen molar-refractivity contribution in [3.8, 4) is 0 Å². The number of aliphatic carboxylic acids is 1. The van der Waals surface area contributed by atoms with Gasteiger partial charge in [0.15, 0.2) is 0 Å². The second kappa shape index (κ2) is 7.13. The summed E-state index contributed by atoms with van der Waals surface area (Å²) in [6.45, 7) is 2.31. The lowest BCUT2D eigenvalue weighted by molar-refractivity contribution is -0.145. The van der Waals surface area contributed by atoms with E-state index in [1.807, 2.05) is 6.07 Å². The summed E-state index contributed by atoms with van der Waals surface area (Å²) in [7, 11) is 0. The number of carbonyl (C=O) groups is 1. The van der Waals surface area contributed by atoms with Crippen molar-refractivity contribution < 1.29 is 9.90 Å². The van der Waals surface area contributed by atoms with Crippen LogP contribution in [-0.2, 0) is 10.3 Å². The fourth-order valence-corrected chi connectivity index (χ4v) is 2.30. The van der Waals surface area contributed by atoms with Gasteiger partial charge >= 0.3 is 5.97 Å². The number of hydrogen-bond acceptors (Lipinski definition) is 3. The molecule has 0 heterocycles. The minimum absolute atomic E-state index is 0.208. The van der Waals surface area contributed by atoms with E-state index in [0.29, 0.717) is 18.5 Å². The van der Waals surface area contributed by atoms with Crippen molar-refractivity contribution in [3.05, 3.63) is 44.7 Å². The number of carboxylic acids is 1. The normalized spacial score (nSPS) is 13.4. The molecule has 0 saturated heterocycles. The zero-order valence-corrected chi connectivity index (χ0v) is 12.1. The van der Waals surface area contributed by atoms with E-state index < -0.39 is 11.5 Å². The van der Waals surface area contributed by atoms with Crippen molar-refractivity contribution >= 4 is 21.9 Å². The van der Waals surface area contributed by atoms with Crippen LogP contribution in [0.2, 0.25) is 0 Å². The molecule has 102 valence electrons. The van der Waals surface area contributed by atoms with E-state index in [9.17, 15) is 9.90 Å². The first-order valence-electron chi connectivity index (χ1n) is 5.82. The van der Waals surface area contributed by atoms with Crippen molar-refractivity contribution in [1.82, 2.24) is 5.32 Å². The van der Waals surface area contributed by atoms with Gasteiger partial charge in [-0.1, -0.05) is 40.1 Å². The lowest BCUT2D eigenvalue weighted by Gasteiger charge is -2.30. The maximum absolute atomic E-state index is 11.6. The molecule has 2 N–H and O–H groups in total. The van der Waals surface area contributed by atoms with Crippen LogP contribution in [0.25, 0.3) is 10.4 Å². The van der Waals surface area contributed by atoms with E-state index in [0.717, 1.165) is 4.47 Å². The first-order chi connectivity index (χ1) is 9.06. The predicted molar refractivity (Wildman–Crippen MR) is 75.8 cm³/mol. The number of nitrogens with one attached hydrogen (secondary N) is 1. The summed E-state index contributed by atoms with van der Waals surface area (Å²) < 4.78 is 0.820. The van der Waals surface area contributed by atoms with E-state index >= 15 is 0 Å². The van der Waals surface area contributed by atoms with E-state index in [4.69, 9.17) is 5.53 Å². The van der Waals surface area contributed by atoms with Crippen LogP contribution in [0, 0.1) is 0 Å². The molecular weight excluding hydrogens is 312 g/mol. The van der Waals surface area contributed by atoms with E-state index in [2.05, 4.69) is 31.3 Å². The molecule has 0 spiro atoms. The Morgan fingerprint density at radius 1 is 1.63 bits per heavy atom. The monoisotopic (exact) mass is 326 g/mol. The zero-order valence-electron chi connectivity index (χ0n) is 10.5. The molecular formula is C12H15BrN4O2. The predicted octanol–water partition coefficient (Wildman–Crippen LogP) is 3.04. The second-order valence-electron chi connectivity index (χ2n) is 3.96. The zero-order chi connectivity index (χ0) is 14.3. The highest BCUT2D eigenvalue weighted by molar-refractivity contribution is 9.10. The molecule has 0 aliphatic carbocycles. The summed E-state index contributed by atoms with van der Waals surface area (Å²) >= 11 is 3.34. The number of rotatable bonds is 7. The smallest absolute Gasteiger partial charge is 0.328 e. The van der Waals surface area contributed by atoms with Gasteiger partial charge in [-0.15, -0.1) is 0 Å². The highest BCUT2D eigenvalue weighted by atomic mass is 79.9. The molecule has 6 nitrogen and oxygen atoms in total. The molecule has 0 aliphatic heterocycles. The minimum atomic E-state index is -1.17. The SMILES string of the molecule is CCC(NCCN=[N+]=[N-])(C(=O)O)c1cccc(Br)c1. The Morgan fingerprint density at radius 3 is 2.89 bits per heavy atom. The summed E-state index contributed by atoms with van der Waals surface area (Å²) in [6, 6.07) is 7.18. The Kier molecular flexibility index (Phi) is 5.82. The van der Waals surface area contributed by atoms with Gasteiger partial charge in [-0.25, -0.2) is 4.79 Å². The van der Waals surface area contributed by atoms with Crippen molar-refractivity contribution in [1.29, 1.82) is 0 Å². The molecule has 0 bridgehead atoms. The van der Waals surface area contributed by atoms with Crippen LogP contribution < -0.4 is 5.32 Å². The van der Waals surface area contributed by atoms with Crippen LogP contribution >= 0.6 is 15.9 Å². The minimum Gasteiger partial charge on any atom is -0.480 e. The van der Waals surface area contributed by atoms with Gasteiger partial charge in [-0.2, -0.15) is 0 Å². The van der Waals surface area contributed by atoms with E-state index in [-0.39, 0.29) is 6.54 Å². The molecule has 0 aromatic heterocycles. The summed E-state index contributed by atoms with van der Waals surface area (Å²) in [5.41, 5.74) is 7.72. The van der Waals surface area contributed by atoms with Gasteiger partial charge in [0.2, 0.25) is 0 Å². The molecule has 1 atom stereocenters. The van der Waals surface area contributed by atoms with Crippen LogP contribution in [0.15, 0.2) is 33.9 Å². The maximum atomic E-state index is 11.6. The molecule has 7 heteroatoms. The third kappa shape index (κ3) is 3.70. The molecule has 0 fully saturated rings. The molecule has 1 unspecified atom stereocenters. The van der Waals surface area contributed by atoms with Gasteiger partial charge < -0.3 is 5.11 Å². The van der Waals surface area contributed by atoms with Gasteiger partial charge in [-0.05, 0) is 29.6 Å². The lowest BCUT2D eigenvalue weighted by Crippen LogP contribution is -2.49. The first-order valence-corrected chi connectivity index (χ1v) is 6.61. The van der Waals surface area contributed by atoms with Gasteiger partial charge in [0.05, 0.1) is 0 Å². The summed E-state index contributed by atoms with van der Waals surface area (Å²) in [4.78, 5) is 14.3. The van der Waals surface area contributed by atoms with Crippen LogP contribution in [0.5, 0.6) is 0 Å². The third-order valence-corrected chi connectivity index (χ3v) is 3.41. The number of halogens is 1. The quantitative estimate of drug-likeness (QED) is 0.348. The Bertz CT molecular complexity index is 502. The average Bonchev–Trinajstić information content (AvgIpc) is 2.39. The first kappa shape index (κ1) is 15.5. The van der Waals surface area contributed by atoms with Crippen LogP contribution in [0.1, 0.15) is 18.9 Å². The standard InChI is InChI=1S/C12H15BrN4O2/c1-2-12(11(18)19,15-6-7-16-17-14)9-4-3-5-10(13)8-9/h3-5,8,15H,2,6-7H2,1H3,(H,18,19). The number of nitrogens with zero attached hydrogens (tertiary/aromatic N) is 3. The van der Waals surface area contributed by atoms with Gasteiger partial charge in [0.1, 0.15) is 5.54 Å². The van der Waals surface area contributed by atoms with Gasteiger partial charge in [-0.3, -0.25) is 5.32 Å². The Morgan fingerprint density at radius 2 is 2.37 bits per heavy atom. The Balaban J connectivity index is 3.04. The van der Waals surface area contributed by atoms with Crippen LogP contribution in [0.4, 0.5) is 0 Å². The topological polar surface area (TPSA) is 98.1 Å². The van der Waals surface area contributed by atoms with Crippen LogP contribution in [0.3, 0.4) is 0 Å². The summed E-state index contributed by atoms with van der Waals surface area (Å²) in [6.07, 6.45) is 0.384. The molecule has 0 amide bonds. The largest absolute Gasteiger partial charge is 0.480 e. The number of azide groups is 1.